The Morgan fingerprint density at radius 1 is 1.56 bits per heavy atom. The highest BCUT2D eigenvalue weighted by atomic mass is 19.1. The van der Waals surface area contributed by atoms with Gasteiger partial charge in [0.25, 0.3) is 5.69 Å². The highest BCUT2D eigenvalue weighted by molar-refractivity contribution is 6.00. The molecule has 0 aliphatic rings. The lowest BCUT2D eigenvalue weighted by Gasteiger charge is -2.07. The number of pyridine rings is 1. The number of benzene rings is 1. The molecule has 0 N–H and O–H groups in total. The molecule has 0 bridgehead atoms. The van der Waals surface area contributed by atoms with Gasteiger partial charge in [-0.25, -0.2) is 9.37 Å². The normalized spacial score (nSPS) is 10.3. The molecule has 0 amide bonds. The van der Waals surface area contributed by atoms with Gasteiger partial charge in [0.2, 0.25) is 0 Å². The van der Waals surface area contributed by atoms with E-state index in [0.717, 1.165) is 6.07 Å². The van der Waals surface area contributed by atoms with E-state index in [1.54, 1.807) is 0 Å². The van der Waals surface area contributed by atoms with Crippen LogP contribution in [0.15, 0.2) is 18.3 Å². The van der Waals surface area contributed by atoms with Gasteiger partial charge in [0.05, 0.1) is 23.5 Å². The van der Waals surface area contributed by atoms with E-state index < -0.39 is 16.4 Å². The molecule has 0 unspecified atom stereocenters. The number of carbonyl (C=O) groups is 1. The number of nitrogens with zero attached hydrogens (tertiary/aromatic N) is 2. The molecular weight excluding hydrogens is 243 g/mol. The second-order valence-electron chi connectivity index (χ2n) is 3.41. The number of hydrogen-bond donors (Lipinski definition) is 0. The van der Waals surface area contributed by atoms with Gasteiger partial charge in [0.1, 0.15) is 0 Å². The van der Waals surface area contributed by atoms with Gasteiger partial charge >= 0.3 is 0 Å². The summed E-state index contributed by atoms with van der Waals surface area (Å²) in [5.41, 5.74) is -0.602. The van der Waals surface area contributed by atoms with Crippen molar-refractivity contribution in [1.29, 1.82) is 0 Å². The number of methoxy groups -OCH3 is 1. The smallest absolute Gasteiger partial charge is 0.299 e. The van der Waals surface area contributed by atoms with Crippen LogP contribution in [0.5, 0.6) is 5.75 Å². The molecule has 0 atom stereocenters. The highest BCUT2D eigenvalue weighted by Gasteiger charge is 2.22. The summed E-state index contributed by atoms with van der Waals surface area (Å²) in [5, 5.41) is 10.7. The topological polar surface area (TPSA) is 82.3 Å². The third-order valence-corrected chi connectivity index (χ3v) is 2.47. The van der Waals surface area contributed by atoms with E-state index in [2.05, 4.69) is 4.98 Å². The van der Waals surface area contributed by atoms with Crippen LogP contribution >= 0.6 is 0 Å². The lowest BCUT2D eigenvalue weighted by Crippen LogP contribution is -1.99. The van der Waals surface area contributed by atoms with E-state index >= 15 is 0 Å². The summed E-state index contributed by atoms with van der Waals surface area (Å²) in [6.45, 7) is 0. The number of ether oxygens (including phenoxy) is 1. The lowest BCUT2D eigenvalue weighted by atomic mass is 10.1. The summed E-state index contributed by atoms with van der Waals surface area (Å²) < 4.78 is 18.7. The Bertz CT molecular complexity index is 657. The number of nitro benzene ring substituents is 1. The van der Waals surface area contributed by atoms with Crippen molar-refractivity contribution in [3.8, 4) is 5.75 Å². The fraction of sp³-hybridized carbons (Fsp3) is 0.0909. The van der Waals surface area contributed by atoms with Crippen molar-refractivity contribution in [3.63, 3.8) is 0 Å². The Morgan fingerprint density at radius 3 is 2.83 bits per heavy atom. The van der Waals surface area contributed by atoms with Crippen molar-refractivity contribution in [2.24, 2.45) is 0 Å². The SMILES string of the molecule is COc1cc([N+](=O)[O-])c2nccc(C=O)c2c1F. The molecule has 1 heterocycles. The quantitative estimate of drug-likeness (QED) is 0.473. The maximum Gasteiger partial charge on any atom is 0.299 e. The predicted octanol–water partition coefficient (Wildman–Crippen LogP) is 2.10. The molecule has 18 heavy (non-hydrogen) atoms. The Hall–Kier alpha value is -2.57. The van der Waals surface area contributed by atoms with Crippen molar-refractivity contribution < 1.29 is 18.8 Å². The molecule has 0 spiro atoms. The number of fused-ring (bicyclic) bond motifs is 1. The molecule has 7 heteroatoms. The van der Waals surface area contributed by atoms with Gasteiger partial charge in [0.15, 0.2) is 23.4 Å². The van der Waals surface area contributed by atoms with Crippen LogP contribution in [0.4, 0.5) is 10.1 Å². The first-order valence-electron chi connectivity index (χ1n) is 4.85. The number of halogens is 1. The Morgan fingerprint density at radius 2 is 2.28 bits per heavy atom. The minimum atomic E-state index is -0.840. The standard InChI is InChI=1S/C11H7FN2O4/c1-18-8-4-7(14(16)17)11-9(10(8)12)6(5-15)2-3-13-11/h2-5H,1H3. The number of aldehydes is 1. The van der Waals surface area contributed by atoms with Crippen molar-refractivity contribution in [3.05, 3.63) is 39.8 Å². The third kappa shape index (κ3) is 1.65. The minimum Gasteiger partial charge on any atom is -0.493 e. The molecule has 0 aliphatic heterocycles. The number of rotatable bonds is 3. The number of non-ortho nitro benzene ring substituents is 1. The summed E-state index contributed by atoms with van der Waals surface area (Å²) >= 11 is 0. The van der Waals surface area contributed by atoms with Crippen LogP contribution in [-0.4, -0.2) is 23.3 Å². The molecule has 6 nitrogen and oxygen atoms in total. The fourth-order valence-electron chi connectivity index (χ4n) is 1.67. The maximum absolute atomic E-state index is 14.0. The van der Waals surface area contributed by atoms with Crippen molar-refractivity contribution in [2.75, 3.05) is 7.11 Å². The van der Waals surface area contributed by atoms with E-state index in [0.29, 0.717) is 6.29 Å². The van der Waals surface area contributed by atoms with E-state index in [9.17, 15) is 19.3 Å². The van der Waals surface area contributed by atoms with Gasteiger partial charge in [-0.2, -0.15) is 0 Å². The lowest BCUT2D eigenvalue weighted by molar-refractivity contribution is -0.383. The van der Waals surface area contributed by atoms with Gasteiger partial charge < -0.3 is 4.74 Å². The van der Waals surface area contributed by atoms with E-state index in [1.807, 2.05) is 0 Å². The maximum atomic E-state index is 14.0. The van der Waals surface area contributed by atoms with Crippen molar-refractivity contribution in [1.82, 2.24) is 4.98 Å². The predicted molar refractivity (Wildman–Crippen MR) is 60.3 cm³/mol. The van der Waals surface area contributed by atoms with E-state index in [4.69, 9.17) is 4.74 Å². The first-order chi connectivity index (χ1) is 8.60. The van der Waals surface area contributed by atoms with Crippen LogP contribution in [0.1, 0.15) is 10.4 Å². The molecule has 0 radical (unpaired) electrons. The van der Waals surface area contributed by atoms with Crippen LogP contribution in [0, 0.1) is 15.9 Å². The molecule has 0 fully saturated rings. The molecule has 1 aromatic heterocycles. The number of carbonyl (C=O) groups excluding carboxylic acids is 1. The molecule has 2 rings (SSSR count). The van der Waals surface area contributed by atoms with Crippen molar-refractivity contribution in [2.45, 2.75) is 0 Å². The van der Waals surface area contributed by atoms with Gasteiger partial charge in [-0.05, 0) is 6.07 Å². The molecule has 0 aliphatic carbocycles. The Labute approximate surface area is 100 Å². The minimum absolute atomic E-state index is 0.0144. The fourth-order valence-corrected chi connectivity index (χ4v) is 1.67. The van der Waals surface area contributed by atoms with Gasteiger partial charge in [-0.15, -0.1) is 0 Å². The van der Waals surface area contributed by atoms with Crippen LogP contribution in [0.3, 0.4) is 0 Å². The molecular formula is C11H7FN2O4. The molecule has 1 aromatic carbocycles. The number of hydrogen-bond acceptors (Lipinski definition) is 5. The molecule has 0 saturated carbocycles. The van der Waals surface area contributed by atoms with Gasteiger partial charge in [-0.1, -0.05) is 0 Å². The average Bonchev–Trinajstić information content (AvgIpc) is 2.38. The monoisotopic (exact) mass is 250 g/mol. The van der Waals surface area contributed by atoms with Gasteiger partial charge in [0, 0.05) is 11.8 Å². The first-order valence-corrected chi connectivity index (χ1v) is 4.85. The Kier molecular flexibility index (Phi) is 2.88. The third-order valence-electron chi connectivity index (χ3n) is 2.47. The van der Waals surface area contributed by atoms with Crippen molar-refractivity contribution >= 4 is 22.9 Å². The molecule has 2 aromatic rings. The summed E-state index contributed by atoms with van der Waals surface area (Å²) in [6, 6.07) is 2.22. The van der Waals surface area contributed by atoms with Gasteiger partial charge in [-0.3, -0.25) is 14.9 Å². The van der Waals surface area contributed by atoms with Crippen LogP contribution in [-0.2, 0) is 0 Å². The zero-order valence-electron chi connectivity index (χ0n) is 9.21. The summed E-state index contributed by atoms with van der Waals surface area (Å²) in [6.07, 6.45) is 1.63. The second-order valence-corrected chi connectivity index (χ2v) is 3.41. The Balaban J connectivity index is 3.00. The van der Waals surface area contributed by atoms with Crippen LogP contribution < -0.4 is 4.74 Å². The number of aromatic nitrogens is 1. The molecule has 92 valence electrons. The molecule has 0 saturated heterocycles. The zero-order chi connectivity index (χ0) is 13.3. The number of nitro groups is 1. The van der Waals surface area contributed by atoms with E-state index in [-0.39, 0.29) is 22.2 Å². The summed E-state index contributed by atoms with van der Waals surface area (Å²) in [4.78, 5) is 24.8. The van der Waals surface area contributed by atoms with Crippen LogP contribution in [0.2, 0.25) is 0 Å². The zero-order valence-corrected chi connectivity index (χ0v) is 9.21. The largest absolute Gasteiger partial charge is 0.493 e. The highest BCUT2D eigenvalue weighted by Crippen LogP contribution is 2.34. The summed E-state index contributed by atoms with van der Waals surface area (Å²) in [7, 11) is 1.19. The van der Waals surface area contributed by atoms with Crippen LogP contribution in [0.25, 0.3) is 10.9 Å². The van der Waals surface area contributed by atoms with E-state index in [1.165, 1.54) is 19.4 Å². The first kappa shape index (κ1) is 11.9. The summed E-state index contributed by atoms with van der Waals surface area (Å²) in [5.74, 6) is -1.14. The average molecular weight is 250 g/mol. The second kappa shape index (κ2) is 4.36.